The van der Waals surface area contributed by atoms with Crippen molar-refractivity contribution in [1.29, 1.82) is 5.26 Å². The maximum Gasteiger partial charge on any atom is 0.416 e. The van der Waals surface area contributed by atoms with Crippen LogP contribution in [0.2, 0.25) is 0 Å². The number of β-lactam (4-membered cyclic amide) rings is 1. The lowest BCUT2D eigenvalue weighted by Crippen LogP contribution is -2.63. The molecule has 2 atom stereocenters. The molecule has 2 heterocycles. The van der Waals surface area contributed by atoms with Gasteiger partial charge in [0.05, 0.1) is 25.6 Å². The first kappa shape index (κ1) is 32.9. The van der Waals surface area contributed by atoms with E-state index in [9.17, 15) is 19.6 Å². The molecule has 47 heavy (non-hydrogen) atoms. The third kappa shape index (κ3) is 7.85. The summed E-state index contributed by atoms with van der Waals surface area (Å²) in [6.45, 7) is 5.56. The molecule has 4 aromatic rings. The summed E-state index contributed by atoms with van der Waals surface area (Å²) in [4.78, 5) is 47.4. The number of anilines is 1. The molecule has 0 N–H and O–H groups in total. The number of nitrogens with zero attached hydrogens (tertiary/aromatic N) is 4. The van der Waals surface area contributed by atoms with Gasteiger partial charge >= 0.3 is 6.09 Å². The van der Waals surface area contributed by atoms with Crippen LogP contribution in [0.5, 0.6) is 5.75 Å². The molecule has 1 unspecified atom stereocenters. The van der Waals surface area contributed by atoms with E-state index >= 15 is 0 Å². The highest BCUT2D eigenvalue weighted by Crippen LogP contribution is 2.35. The molecule has 3 aromatic carbocycles. The van der Waals surface area contributed by atoms with E-state index in [1.165, 1.54) is 4.90 Å². The zero-order valence-electron chi connectivity index (χ0n) is 27.0. The van der Waals surface area contributed by atoms with Crippen LogP contribution < -0.4 is 9.64 Å². The van der Waals surface area contributed by atoms with Gasteiger partial charge in [0.2, 0.25) is 11.8 Å². The fraction of sp³-hybridized carbons (Fsp3) is 0.289. The van der Waals surface area contributed by atoms with E-state index in [2.05, 4.69) is 11.1 Å². The van der Waals surface area contributed by atoms with Gasteiger partial charge in [-0.3, -0.25) is 19.4 Å². The first-order valence-corrected chi connectivity index (χ1v) is 15.5. The molecule has 1 aliphatic rings. The maximum atomic E-state index is 13.6. The minimum Gasteiger partial charge on any atom is -0.497 e. The van der Waals surface area contributed by atoms with Gasteiger partial charge in [-0.2, -0.15) is 5.26 Å². The summed E-state index contributed by atoms with van der Waals surface area (Å²) in [6.07, 6.45) is 1.26. The van der Waals surface area contributed by atoms with Gasteiger partial charge in [0, 0.05) is 18.5 Å². The Hall–Kier alpha value is -5.49. The maximum absolute atomic E-state index is 13.6. The minimum atomic E-state index is -0.903. The summed E-state index contributed by atoms with van der Waals surface area (Å²) in [7, 11) is 1.59. The Morgan fingerprint density at radius 2 is 1.55 bits per heavy atom. The molecule has 1 aliphatic heterocycles. The number of aromatic nitrogens is 1. The second-order valence-electron chi connectivity index (χ2n) is 12.5. The van der Waals surface area contributed by atoms with Crippen LogP contribution in [0.3, 0.4) is 0 Å². The van der Waals surface area contributed by atoms with Gasteiger partial charge in [0.1, 0.15) is 23.2 Å². The summed E-state index contributed by atoms with van der Waals surface area (Å²) in [6, 6.07) is 31.4. The molecule has 9 nitrogen and oxygen atoms in total. The van der Waals surface area contributed by atoms with E-state index in [0.29, 0.717) is 17.1 Å². The van der Waals surface area contributed by atoms with E-state index in [4.69, 9.17) is 9.47 Å². The minimum absolute atomic E-state index is 0.0558. The molecular formula is C38H38N4O5. The Balaban J connectivity index is 1.33. The van der Waals surface area contributed by atoms with Crippen molar-refractivity contribution in [1.82, 2.24) is 9.88 Å². The fourth-order valence-corrected chi connectivity index (χ4v) is 5.70. The third-order valence-corrected chi connectivity index (χ3v) is 8.05. The number of hydrogen-bond donors (Lipinski definition) is 0. The lowest BCUT2D eigenvalue weighted by Gasteiger charge is -2.42. The third-order valence-electron chi connectivity index (χ3n) is 8.05. The fourth-order valence-electron chi connectivity index (χ4n) is 5.70. The van der Waals surface area contributed by atoms with Gasteiger partial charge in [-0.15, -0.1) is 0 Å². The van der Waals surface area contributed by atoms with Crippen LogP contribution in [0.1, 0.15) is 55.4 Å². The van der Waals surface area contributed by atoms with E-state index in [1.54, 1.807) is 46.2 Å². The first-order valence-electron chi connectivity index (χ1n) is 15.5. The van der Waals surface area contributed by atoms with Gasteiger partial charge in [-0.05, 0) is 73.7 Å². The van der Waals surface area contributed by atoms with Gasteiger partial charge < -0.3 is 9.47 Å². The quantitative estimate of drug-likeness (QED) is 0.180. The number of imide groups is 1. The van der Waals surface area contributed by atoms with Crippen LogP contribution >= 0.6 is 0 Å². The summed E-state index contributed by atoms with van der Waals surface area (Å²) in [5.74, 6) is -0.706. The summed E-state index contributed by atoms with van der Waals surface area (Å²) >= 11 is 0. The van der Waals surface area contributed by atoms with E-state index in [-0.39, 0.29) is 37.1 Å². The van der Waals surface area contributed by atoms with Crippen LogP contribution in [0.25, 0.3) is 0 Å². The highest BCUT2D eigenvalue weighted by molar-refractivity contribution is 6.03. The van der Waals surface area contributed by atoms with Crippen LogP contribution in [0.4, 0.5) is 10.6 Å². The number of ether oxygens (including phenoxy) is 2. The molecule has 240 valence electrons. The lowest BCUT2D eigenvalue weighted by atomic mass is 9.81. The number of benzene rings is 3. The smallest absolute Gasteiger partial charge is 0.416 e. The molecule has 0 aliphatic carbocycles. The van der Waals surface area contributed by atoms with Crippen molar-refractivity contribution in [2.45, 2.75) is 57.7 Å². The van der Waals surface area contributed by atoms with Crippen molar-refractivity contribution >= 4 is 23.7 Å². The average Bonchev–Trinajstić information content (AvgIpc) is 3.07. The SMILES string of the molecule is COc1ccc(CN(C(=O)OC(C)(C)C)c2cc(CC3C(=O)N(C(=O)CC(c4ccccc4)c4ccccc4)[C@@H]3C#N)ccn2)cc1. The summed E-state index contributed by atoms with van der Waals surface area (Å²) in [5, 5.41) is 10.1. The zero-order chi connectivity index (χ0) is 33.6. The predicted molar refractivity (Wildman–Crippen MR) is 177 cm³/mol. The Labute approximate surface area is 275 Å². The van der Waals surface area contributed by atoms with Crippen LogP contribution in [-0.4, -0.2) is 46.5 Å². The van der Waals surface area contributed by atoms with Crippen LogP contribution in [0, 0.1) is 17.2 Å². The normalized spacial score (nSPS) is 15.8. The Morgan fingerprint density at radius 3 is 2.11 bits per heavy atom. The van der Waals surface area contributed by atoms with Gasteiger partial charge in [-0.1, -0.05) is 72.8 Å². The number of carbonyl (C=O) groups is 3. The molecule has 1 fully saturated rings. The zero-order valence-corrected chi connectivity index (χ0v) is 27.0. The second kappa shape index (κ2) is 14.3. The highest BCUT2D eigenvalue weighted by atomic mass is 16.6. The second-order valence-corrected chi connectivity index (χ2v) is 12.5. The molecule has 0 radical (unpaired) electrons. The summed E-state index contributed by atoms with van der Waals surface area (Å²) < 4.78 is 10.9. The van der Waals surface area contributed by atoms with E-state index < -0.39 is 23.7 Å². The predicted octanol–water partition coefficient (Wildman–Crippen LogP) is 6.67. The lowest BCUT2D eigenvalue weighted by molar-refractivity contribution is -0.163. The van der Waals surface area contributed by atoms with Crippen molar-refractivity contribution < 1.29 is 23.9 Å². The first-order chi connectivity index (χ1) is 22.6. The van der Waals surface area contributed by atoms with Crippen LogP contribution in [-0.2, 0) is 27.3 Å². The van der Waals surface area contributed by atoms with Crippen molar-refractivity contribution in [3.05, 3.63) is 126 Å². The molecule has 0 spiro atoms. The number of hydrogen-bond acceptors (Lipinski definition) is 7. The molecule has 0 saturated carbocycles. The Morgan fingerprint density at radius 1 is 0.936 bits per heavy atom. The van der Waals surface area contributed by atoms with Gasteiger partial charge in [0.15, 0.2) is 0 Å². The molecule has 9 heteroatoms. The average molecular weight is 631 g/mol. The van der Waals surface area contributed by atoms with Crippen molar-refractivity contribution in [3.63, 3.8) is 0 Å². The van der Waals surface area contributed by atoms with Crippen molar-refractivity contribution in [2.75, 3.05) is 12.0 Å². The van der Waals surface area contributed by atoms with E-state index in [1.807, 2.05) is 84.9 Å². The largest absolute Gasteiger partial charge is 0.497 e. The summed E-state index contributed by atoms with van der Waals surface area (Å²) in [5.41, 5.74) is 2.72. The number of nitriles is 1. The number of carbonyl (C=O) groups excluding carboxylic acids is 3. The number of likely N-dealkylation sites (tertiary alicyclic amines) is 1. The molecule has 3 amide bonds. The van der Waals surface area contributed by atoms with Crippen molar-refractivity contribution in [2.24, 2.45) is 5.92 Å². The van der Waals surface area contributed by atoms with Crippen molar-refractivity contribution in [3.8, 4) is 11.8 Å². The van der Waals surface area contributed by atoms with Gasteiger partial charge in [0.25, 0.3) is 0 Å². The number of pyridine rings is 1. The molecule has 0 bridgehead atoms. The Bertz CT molecular complexity index is 1710. The molecule has 1 saturated heterocycles. The van der Waals surface area contributed by atoms with Gasteiger partial charge in [-0.25, -0.2) is 9.78 Å². The standard InChI is InChI=1S/C38H38N4O5/c1-38(2,3)47-37(45)41(25-26-15-17-30(46-4)18-16-26)34-22-27(19-20-40-34)21-32-33(24-39)42(36(32)44)35(43)23-31(28-11-7-5-8-12-28)29-13-9-6-10-14-29/h5-20,22,31-33H,21,23,25H2,1-4H3/t32?,33-/m1/s1. The number of rotatable bonds is 10. The molecular weight excluding hydrogens is 592 g/mol. The molecule has 5 rings (SSSR count). The number of methoxy groups -OCH3 is 1. The monoisotopic (exact) mass is 630 g/mol. The number of amides is 3. The molecule has 1 aromatic heterocycles. The Kier molecular flexibility index (Phi) is 10.0. The van der Waals surface area contributed by atoms with Crippen LogP contribution in [0.15, 0.2) is 103 Å². The topological polar surface area (TPSA) is 113 Å². The highest BCUT2D eigenvalue weighted by Gasteiger charge is 2.51. The van der Waals surface area contributed by atoms with E-state index in [0.717, 1.165) is 21.6 Å².